The summed E-state index contributed by atoms with van der Waals surface area (Å²) in [5.41, 5.74) is 0.292. The summed E-state index contributed by atoms with van der Waals surface area (Å²) in [6.07, 6.45) is 8.08. The van der Waals surface area contributed by atoms with E-state index in [-0.39, 0.29) is 29.4 Å². The molecule has 0 aliphatic heterocycles. The Kier molecular flexibility index (Phi) is 10.8. The van der Waals surface area contributed by atoms with Crippen molar-refractivity contribution in [2.24, 2.45) is 10.4 Å². The van der Waals surface area contributed by atoms with Crippen LogP contribution in [0, 0.1) is 5.41 Å². The maximum absolute atomic E-state index is 5.85. The van der Waals surface area contributed by atoms with E-state index in [9.17, 15) is 0 Å². The fourth-order valence-corrected chi connectivity index (χ4v) is 3.56. The van der Waals surface area contributed by atoms with Gasteiger partial charge in [-0.2, -0.15) is 0 Å². The number of oxazole rings is 1. The van der Waals surface area contributed by atoms with E-state index in [0.29, 0.717) is 17.9 Å². The molecule has 1 saturated carbocycles. The Labute approximate surface area is 187 Å². The minimum Gasteiger partial charge on any atom is -0.443 e. The van der Waals surface area contributed by atoms with Crippen LogP contribution in [0.4, 0.5) is 0 Å². The van der Waals surface area contributed by atoms with Crippen LogP contribution in [0.15, 0.2) is 15.6 Å². The van der Waals surface area contributed by atoms with Gasteiger partial charge in [0.2, 0.25) is 5.89 Å². The van der Waals surface area contributed by atoms with E-state index in [1.807, 2.05) is 6.20 Å². The topological polar surface area (TPSA) is 71.7 Å². The van der Waals surface area contributed by atoms with Crippen molar-refractivity contribution in [3.63, 3.8) is 0 Å². The molecule has 0 saturated heterocycles. The first-order chi connectivity index (χ1) is 12.9. The first kappa shape index (κ1) is 25.2. The molecule has 0 spiro atoms. The SMILES string of the molecule is CCNC(=NCc1ncc(C(C)(C)C)o1)NCC1(CCOCC)CCCC1.I. The van der Waals surface area contributed by atoms with Crippen molar-refractivity contribution < 1.29 is 9.15 Å². The number of rotatable bonds is 9. The number of hydrogen-bond acceptors (Lipinski definition) is 4. The van der Waals surface area contributed by atoms with Gasteiger partial charge in [-0.05, 0) is 38.5 Å². The molecule has 162 valence electrons. The molecule has 1 aromatic heterocycles. The third-order valence-electron chi connectivity index (χ3n) is 5.29. The minimum atomic E-state index is -0.0346. The van der Waals surface area contributed by atoms with Crippen LogP contribution < -0.4 is 10.6 Å². The molecule has 1 aliphatic carbocycles. The maximum atomic E-state index is 5.85. The Morgan fingerprint density at radius 3 is 2.54 bits per heavy atom. The molecule has 2 N–H and O–H groups in total. The molecule has 2 rings (SSSR count). The molecule has 0 amide bonds. The fraction of sp³-hybridized carbons (Fsp3) is 0.810. The lowest BCUT2D eigenvalue weighted by Gasteiger charge is -2.30. The Bertz CT molecular complexity index is 589. The van der Waals surface area contributed by atoms with E-state index < -0.39 is 0 Å². The predicted octanol–water partition coefficient (Wildman–Crippen LogP) is 4.63. The molecular formula is C21H39IN4O2. The van der Waals surface area contributed by atoms with Gasteiger partial charge in [-0.15, -0.1) is 24.0 Å². The zero-order chi connectivity index (χ0) is 19.8. The van der Waals surface area contributed by atoms with Crippen LogP contribution in [0.2, 0.25) is 0 Å². The molecule has 0 aromatic carbocycles. The highest BCUT2D eigenvalue weighted by Crippen LogP contribution is 2.40. The summed E-state index contributed by atoms with van der Waals surface area (Å²) in [5, 5.41) is 6.89. The Hall–Kier alpha value is -0.830. The summed E-state index contributed by atoms with van der Waals surface area (Å²) in [6.45, 7) is 14.3. The van der Waals surface area contributed by atoms with Gasteiger partial charge < -0.3 is 19.8 Å². The van der Waals surface area contributed by atoms with Gasteiger partial charge in [0, 0.05) is 31.7 Å². The number of halogens is 1. The molecule has 1 aromatic rings. The Morgan fingerprint density at radius 2 is 1.96 bits per heavy atom. The maximum Gasteiger partial charge on any atom is 0.216 e. The van der Waals surface area contributed by atoms with Crippen LogP contribution in [0.1, 0.15) is 78.4 Å². The third-order valence-corrected chi connectivity index (χ3v) is 5.29. The van der Waals surface area contributed by atoms with Gasteiger partial charge in [-0.25, -0.2) is 9.98 Å². The van der Waals surface area contributed by atoms with Crippen LogP contribution in [0.5, 0.6) is 0 Å². The zero-order valence-electron chi connectivity index (χ0n) is 18.3. The quantitative estimate of drug-likeness (QED) is 0.221. The number of aliphatic imine (C=N–C) groups is 1. The third kappa shape index (κ3) is 7.89. The van der Waals surface area contributed by atoms with Crippen LogP contribution in [0.25, 0.3) is 0 Å². The zero-order valence-corrected chi connectivity index (χ0v) is 20.6. The molecule has 1 aliphatic rings. The molecule has 1 heterocycles. The van der Waals surface area contributed by atoms with Gasteiger partial charge in [0.15, 0.2) is 5.96 Å². The van der Waals surface area contributed by atoms with Crippen molar-refractivity contribution in [3.8, 4) is 0 Å². The average Bonchev–Trinajstić information content (AvgIpc) is 3.27. The first-order valence-corrected chi connectivity index (χ1v) is 10.4. The highest BCUT2D eigenvalue weighted by atomic mass is 127. The number of nitrogens with zero attached hydrogens (tertiary/aromatic N) is 2. The molecule has 28 heavy (non-hydrogen) atoms. The largest absolute Gasteiger partial charge is 0.443 e. The Balaban J connectivity index is 0.00000392. The number of guanidine groups is 1. The van der Waals surface area contributed by atoms with Crippen molar-refractivity contribution >= 4 is 29.9 Å². The highest BCUT2D eigenvalue weighted by molar-refractivity contribution is 14.0. The normalized spacial score (nSPS) is 16.7. The molecule has 6 nitrogen and oxygen atoms in total. The van der Waals surface area contributed by atoms with Crippen LogP contribution >= 0.6 is 24.0 Å². The minimum absolute atomic E-state index is 0. The van der Waals surface area contributed by atoms with E-state index >= 15 is 0 Å². The standard InChI is InChI=1S/C21H38N4O2.HI/c1-6-22-19(24-15-18-23-14-17(27-18)20(3,4)5)25-16-21(10-8-9-11-21)12-13-26-7-2;/h14H,6-13,15-16H2,1-5H3,(H2,22,24,25);1H. The molecule has 1 fully saturated rings. The van der Waals surface area contributed by atoms with Gasteiger partial charge in [-0.3, -0.25) is 0 Å². The monoisotopic (exact) mass is 506 g/mol. The fourth-order valence-electron chi connectivity index (χ4n) is 3.56. The molecule has 7 heteroatoms. The summed E-state index contributed by atoms with van der Waals surface area (Å²) in [5.74, 6) is 2.38. The Morgan fingerprint density at radius 1 is 1.25 bits per heavy atom. The molecule has 0 unspecified atom stereocenters. The van der Waals surface area contributed by atoms with Gasteiger partial charge in [0.25, 0.3) is 0 Å². The number of hydrogen-bond donors (Lipinski definition) is 2. The van der Waals surface area contributed by atoms with E-state index in [2.05, 4.69) is 55.2 Å². The van der Waals surface area contributed by atoms with Crippen molar-refractivity contribution in [2.75, 3.05) is 26.3 Å². The summed E-state index contributed by atoms with van der Waals surface area (Å²) < 4.78 is 11.5. The second-order valence-electron chi connectivity index (χ2n) is 8.57. The highest BCUT2D eigenvalue weighted by Gasteiger charge is 2.33. The lowest BCUT2D eigenvalue weighted by atomic mass is 9.83. The van der Waals surface area contributed by atoms with Crippen LogP contribution in [0.3, 0.4) is 0 Å². The van der Waals surface area contributed by atoms with E-state index in [4.69, 9.17) is 9.15 Å². The predicted molar refractivity (Wildman–Crippen MR) is 125 cm³/mol. The lowest BCUT2D eigenvalue weighted by Crippen LogP contribution is -2.43. The smallest absolute Gasteiger partial charge is 0.216 e. The van der Waals surface area contributed by atoms with E-state index in [1.165, 1.54) is 25.7 Å². The van der Waals surface area contributed by atoms with Gasteiger partial charge in [-0.1, -0.05) is 33.6 Å². The first-order valence-electron chi connectivity index (χ1n) is 10.4. The van der Waals surface area contributed by atoms with Crippen LogP contribution in [-0.4, -0.2) is 37.2 Å². The summed E-state index contributed by atoms with van der Waals surface area (Å²) in [4.78, 5) is 9.04. The van der Waals surface area contributed by atoms with E-state index in [1.54, 1.807) is 0 Å². The van der Waals surface area contributed by atoms with Gasteiger partial charge in [0.1, 0.15) is 12.3 Å². The molecule has 0 bridgehead atoms. The van der Waals surface area contributed by atoms with Crippen molar-refractivity contribution in [1.29, 1.82) is 0 Å². The average molecular weight is 506 g/mol. The summed E-state index contributed by atoms with van der Waals surface area (Å²) in [7, 11) is 0. The molecular weight excluding hydrogens is 467 g/mol. The van der Waals surface area contributed by atoms with Gasteiger partial charge >= 0.3 is 0 Å². The van der Waals surface area contributed by atoms with Crippen LogP contribution in [-0.2, 0) is 16.7 Å². The molecule has 0 radical (unpaired) electrons. The second-order valence-corrected chi connectivity index (χ2v) is 8.57. The lowest BCUT2D eigenvalue weighted by molar-refractivity contribution is 0.105. The van der Waals surface area contributed by atoms with Crippen molar-refractivity contribution in [3.05, 3.63) is 17.8 Å². The second kappa shape index (κ2) is 12.0. The number of aromatic nitrogens is 1. The number of ether oxygens (including phenoxy) is 1. The van der Waals surface area contributed by atoms with E-state index in [0.717, 1.165) is 44.4 Å². The molecule has 0 atom stereocenters. The number of nitrogens with one attached hydrogen (secondary N) is 2. The summed E-state index contributed by atoms with van der Waals surface area (Å²) >= 11 is 0. The van der Waals surface area contributed by atoms with Crippen molar-refractivity contribution in [2.45, 2.75) is 78.7 Å². The summed E-state index contributed by atoms with van der Waals surface area (Å²) in [6, 6.07) is 0. The van der Waals surface area contributed by atoms with Gasteiger partial charge in [0.05, 0.1) is 6.20 Å². The van der Waals surface area contributed by atoms with Crippen molar-refractivity contribution in [1.82, 2.24) is 15.6 Å².